The van der Waals surface area contributed by atoms with Crippen LogP contribution in [-0.2, 0) is 14.6 Å². The van der Waals surface area contributed by atoms with E-state index in [-0.39, 0.29) is 10.6 Å². The normalized spacial score (nSPS) is 17.2. The lowest BCUT2D eigenvalue weighted by Gasteiger charge is -2.14. The molecule has 0 aliphatic carbocycles. The molecule has 1 aromatic rings. The molecule has 1 heterocycles. The molecule has 1 aliphatic rings. The minimum Gasteiger partial charge on any atom is -0.476 e. The van der Waals surface area contributed by atoms with Crippen LogP contribution in [0.25, 0.3) is 0 Å². The first-order valence-electron chi connectivity index (χ1n) is 3.94. The van der Waals surface area contributed by atoms with Crippen LogP contribution in [0, 0.1) is 0 Å². The molecule has 0 fully saturated rings. The van der Waals surface area contributed by atoms with Crippen molar-refractivity contribution in [1.29, 1.82) is 0 Å². The largest absolute Gasteiger partial charge is 0.476 e. The van der Waals surface area contributed by atoms with Gasteiger partial charge in [-0.1, -0.05) is 12.1 Å². The molecular weight excluding hydrogens is 220 g/mol. The van der Waals surface area contributed by atoms with Gasteiger partial charge in [0.15, 0.2) is 0 Å². The number of rotatable bonds is 1. The summed E-state index contributed by atoms with van der Waals surface area (Å²) in [5, 5.41) is 11.1. The van der Waals surface area contributed by atoms with E-state index in [4.69, 9.17) is 5.11 Å². The average Bonchev–Trinajstić information content (AvgIpc) is 2.17. The van der Waals surface area contributed by atoms with Gasteiger partial charge in [0.25, 0.3) is 5.04 Å². The van der Waals surface area contributed by atoms with Crippen LogP contribution in [-0.4, -0.2) is 24.5 Å². The van der Waals surface area contributed by atoms with Crippen molar-refractivity contribution in [3.05, 3.63) is 24.3 Å². The quantitative estimate of drug-likeness (QED) is 0.717. The molecular formula is C8H6N2O4S. The predicted molar refractivity (Wildman–Crippen MR) is 52.3 cm³/mol. The SMILES string of the molecule is O=C(O)C1=NNc2ccccc2S1(=O)=O. The van der Waals surface area contributed by atoms with Gasteiger partial charge < -0.3 is 5.11 Å². The molecule has 1 aromatic carbocycles. The summed E-state index contributed by atoms with van der Waals surface area (Å²) in [5.41, 5.74) is 2.66. The molecule has 7 heteroatoms. The first-order chi connectivity index (χ1) is 7.03. The van der Waals surface area contributed by atoms with Crippen molar-refractivity contribution < 1.29 is 18.3 Å². The lowest BCUT2D eigenvalue weighted by molar-refractivity contribution is -0.129. The molecule has 1 aliphatic heterocycles. The maximum Gasteiger partial charge on any atom is 0.368 e. The summed E-state index contributed by atoms with van der Waals surface area (Å²) < 4.78 is 23.4. The number of para-hydroxylation sites is 1. The van der Waals surface area contributed by atoms with Gasteiger partial charge in [0.1, 0.15) is 0 Å². The van der Waals surface area contributed by atoms with E-state index in [1.807, 2.05) is 0 Å². The van der Waals surface area contributed by atoms with Crippen LogP contribution in [0.4, 0.5) is 5.69 Å². The van der Waals surface area contributed by atoms with E-state index in [1.54, 1.807) is 6.07 Å². The molecule has 0 atom stereocenters. The van der Waals surface area contributed by atoms with E-state index in [0.717, 1.165) is 0 Å². The Balaban J connectivity index is 2.68. The summed E-state index contributed by atoms with van der Waals surface area (Å²) in [7, 11) is -3.99. The van der Waals surface area contributed by atoms with Crippen molar-refractivity contribution >= 4 is 26.5 Å². The van der Waals surface area contributed by atoms with Crippen LogP contribution in [0.2, 0.25) is 0 Å². The van der Waals surface area contributed by atoms with Crippen molar-refractivity contribution in [3.8, 4) is 0 Å². The number of carbonyl (C=O) groups is 1. The maximum atomic E-state index is 11.7. The van der Waals surface area contributed by atoms with Gasteiger partial charge in [-0.05, 0) is 12.1 Å². The summed E-state index contributed by atoms with van der Waals surface area (Å²) in [6.45, 7) is 0. The molecule has 2 N–H and O–H groups in total. The highest BCUT2D eigenvalue weighted by Gasteiger charge is 2.34. The Morgan fingerprint density at radius 3 is 2.67 bits per heavy atom. The van der Waals surface area contributed by atoms with Crippen molar-refractivity contribution in [1.82, 2.24) is 0 Å². The van der Waals surface area contributed by atoms with Gasteiger partial charge in [0, 0.05) is 0 Å². The Hall–Kier alpha value is -1.89. The first-order valence-corrected chi connectivity index (χ1v) is 5.43. The fourth-order valence-corrected chi connectivity index (χ4v) is 2.50. The topological polar surface area (TPSA) is 95.8 Å². The number of fused-ring (bicyclic) bond motifs is 1. The van der Waals surface area contributed by atoms with Crippen LogP contribution in [0.5, 0.6) is 0 Å². The van der Waals surface area contributed by atoms with E-state index in [1.165, 1.54) is 18.2 Å². The van der Waals surface area contributed by atoms with E-state index >= 15 is 0 Å². The minimum absolute atomic E-state index is 0.0719. The van der Waals surface area contributed by atoms with Crippen LogP contribution < -0.4 is 5.43 Å². The zero-order chi connectivity index (χ0) is 11.1. The number of carboxylic acid groups (broad SMARTS) is 1. The number of hydrogen-bond acceptors (Lipinski definition) is 5. The summed E-state index contributed by atoms with van der Waals surface area (Å²) in [6.07, 6.45) is 0. The van der Waals surface area contributed by atoms with E-state index in [2.05, 4.69) is 10.5 Å². The van der Waals surface area contributed by atoms with Crippen molar-refractivity contribution in [3.63, 3.8) is 0 Å². The third-order valence-corrected chi connectivity index (χ3v) is 3.60. The summed E-state index contributed by atoms with van der Waals surface area (Å²) in [5.74, 6) is -1.57. The average molecular weight is 226 g/mol. The molecule has 0 saturated heterocycles. The van der Waals surface area contributed by atoms with Gasteiger partial charge in [-0.2, -0.15) is 5.10 Å². The molecule has 0 spiro atoms. The highest BCUT2D eigenvalue weighted by Crippen LogP contribution is 2.26. The van der Waals surface area contributed by atoms with Gasteiger partial charge in [-0.15, -0.1) is 0 Å². The van der Waals surface area contributed by atoms with Crippen molar-refractivity contribution in [2.24, 2.45) is 5.10 Å². The molecule has 0 unspecified atom stereocenters. The van der Waals surface area contributed by atoms with Crippen LogP contribution in [0.15, 0.2) is 34.3 Å². The van der Waals surface area contributed by atoms with E-state index in [0.29, 0.717) is 0 Å². The lowest BCUT2D eigenvalue weighted by Crippen LogP contribution is -2.29. The molecule has 2 rings (SSSR count). The number of hydrogen-bond donors (Lipinski definition) is 2. The minimum atomic E-state index is -3.99. The van der Waals surface area contributed by atoms with Gasteiger partial charge in [-0.25, -0.2) is 13.2 Å². The van der Waals surface area contributed by atoms with Gasteiger partial charge in [0.05, 0.1) is 10.6 Å². The standard InChI is InChI=1S/C8H6N2O4S/c11-8(12)7-10-9-5-3-1-2-4-6(5)15(7,13)14/h1-4,9H,(H,11,12). The second kappa shape index (κ2) is 3.06. The highest BCUT2D eigenvalue weighted by atomic mass is 32.2. The highest BCUT2D eigenvalue weighted by molar-refractivity contribution is 8.08. The summed E-state index contributed by atoms with van der Waals surface area (Å²) in [4.78, 5) is 10.6. The Morgan fingerprint density at radius 2 is 2.00 bits per heavy atom. The number of sulfone groups is 1. The number of carboxylic acids is 1. The Kier molecular flexibility index (Phi) is 1.97. The molecule has 0 bridgehead atoms. The number of nitrogens with zero attached hydrogens (tertiary/aromatic N) is 1. The molecule has 0 amide bonds. The van der Waals surface area contributed by atoms with Crippen LogP contribution in [0.1, 0.15) is 0 Å². The Morgan fingerprint density at radius 1 is 1.33 bits per heavy atom. The van der Waals surface area contributed by atoms with E-state index < -0.39 is 20.9 Å². The third kappa shape index (κ3) is 1.37. The molecule has 6 nitrogen and oxygen atoms in total. The van der Waals surface area contributed by atoms with Crippen LogP contribution >= 0.6 is 0 Å². The monoisotopic (exact) mass is 226 g/mol. The fraction of sp³-hybridized carbons (Fsp3) is 0. The first kappa shape index (κ1) is 9.66. The van der Waals surface area contributed by atoms with Crippen molar-refractivity contribution in [2.75, 3.05) is 5.43 Å². The number of aliphatic carboxylic acids is 1. The summed E-state index contributed by atoms with van der Waals surface area (Å²) in [6, 6.07) is 5.98. The zero-order valence-electron chi connectivity index (χ0n) is 7.34. The van der Waals surface area contributed by atoms with Gasteiger partial charge in [0.2, 0.25) is 9.84 Å². The van der Waals surface area contributed by atoms with Crippen molar-refractivity contribution in [2.45, 2.75) is 4.90 Å². The van der Waals surface area contributed by atoms with Gasteiger partial charge >= 0.3 is 5.97 Å². The molecule has 15 heavy (non-hydrogen) atoms. The van der Waals surface area contributed by atoms with Crippen LogP contribution in [0.3, 0.4) is 0 Å². The Labute approximate surface area is 85.2 Å². The van der Waals surface area contributed by atoms with Gasteiger partial charge in [-0.3, -0.25) is 5.43 Å². The summed E-state index contributed by atoms with van der Waals surface area (Å²) >= 11 is 0. The third-order valence-electron chi connectivity index (χ3n) is 1.89. The molecule has 0 saturated carbocycles. The smallest absolute Gasteiger partial charge is 0.368 e. The number of benzene rings is 1. The second-order valence-corrected chi connectivity index (χ2v) is 4.67. The zero-order valence-corrected chi connectivity index (χ0v) is 8.15. The lowest BCUT2D eigenvalue weighted by atomic mass is 10.3. The second-order valence-electron chi connectivity index (χ2n) is 2.83. The van der Waals surface area contributed by atoms with E-state index in [9.17, 15) is 13.2 Å². The number of nitrogens with one attached hydrogen (secondary N) is 1. The number of anilines is 1. The number of hydrazone groups is 1. The fourth-order valence-electron chi connectivity index (χ4n) is 1.23. The molecule has 78 valence electrons. The molecule has 0 radical (unpaired) electrons. The predicted octanol–water partition coefficient (Wildman–Crippen LogP) is 0.284. The molecule has 0 aromatic heterocycles. The maximum absolute atomic E-state index is 11.7. The Bertz CT molecular complexity index is 562.